The van der Waals surface area contributed by atoms with Crippen LogP contribution in [0.2, 0.25) is 0 Å². The van der Waals surface area contributed by atoms with Gasteiger partial charge in [0.05, 0.1) is 0 Å². The molecular weight excluding hydrogens is 288 g/mol. The number of hydrogen-bond donors (Lipinski definition) is 2. The molecular formula is C11H14N2O4S2. The molecule has 8 heteroatoms. The Morgan fingerprint density at radius 3 is 2.63 bits per heavy atom. The Kier molecular flexibility index (Phi) is 4.68. The summed E-state index contributed by atoms with van der Waals surface area (Å²) in [6.07, 6.45) is 0.0570. The smallest absolute Gasteiger partial charge is 0.303 e. The standard InChI is InChI=1S/C11H14N2O4S2/c1-11(2,6-5-9(14)15)13-19(16,17)10-4-3-8(7-12)18-10/h3-4,13H,5-6H2,1-2H3,(H,14,15). The van der Waals surface area contributed by atoms with Gasteiger partial charge in [-0.2, -0.15) is 5.26 Å². The van der Waals surface area contributed by atoms with E-state index in [0.717, 1.165) is 11.3 Å². The summed E-state index contributed by atoms with van der Waals surface area (Å²) in [4.78, 5) is 10.8. The summed E-state index contributed by atoms with van der Waals surface area (Å²) in [6.45, 7) is 3.23. The van der Waals surface area contributed by atoms with Gasteiger partial charge in [-0.15, -0.1) is 11.3 Å². The Bertz CT molecular complexity index is 611. The van der Waals surface area contributed by atoms with Crippen LogP contribution in [0.1, 0.15) is 31.6 Å². The summed E-state index contributed by atoms with van der Waals surface area (Å²) in [7, 11) is -3.73. The molecule has 2 N–H and O–H groups in total. The number of carbonyl (C=O) groups is 1. The minimum absolute atomic E-state index is 0.0486. The minimum Gasteiger partial charge on any atom is -0.481 e. The lowest BCUT2D eigenvalue weighted by Crippen LogP contribution is -2.43. The van der Waals surface area contributed by atoms with E-state index in [2.05, 4.69) is 4.72 Å². The first-order valence-electron chi connectivity index (χ1n) is 5.42. The average Bonchev–Trinajstić information content (AvgIpc) is 2.74. The molecule has 0 fully saturated rings. The van der Waals surface area contributed by atoms with Crippen molar-refractivity contribution in [2.24, 2.45) is 0 Å². The van der Waals surface area contributed by atoms with Crippen molar-refractivity contribution in [1.82, 2.24) is 4.72 Å². The Balaban J connectivity index is 2.84. The second kappa shape index (κ2) is 5.69. The van der Waals surface area contributed by atoms with Crippen LogP contribution < -0.4 is 4.72 Å². The summed E-state index contributed by atoms with van der Waals surface area (Å²) in [5.74, 6) is -0.977. The lowest BCUT2D eigenvalue weighted by molar-refractivity contribution is -0.137. The maximum atomic E-state index is 12.1. The van der Waals surface area contributed by atoms with Crippen molar-refractivity contribution in [3.05, 3.63) is 17.0 Å². The van der Waals surface area contributed by atoms with Gasteiger partial charge in [0.15, 0.2) is 0 Å². The summed E-state index contributed by atoms with van der Waals surface area (Å²) >= 11 is 0.877. The van der Waals surface area contributed by atoms with Gasteiger partial charge in [-0.25, -0.2) is 13.1 Å². The van der Waals surface area contributed by atoms with Crippen LogP contribution >= 0.6 is 11.3 Å². The number of rotatable bonds is 6. The van der Waals surface area contributed by atoms with Gasteiger partial charge >= 0.3 is 5.97 Å². The zero-order valence-electron chi connectivity index (χ0n) is 10.5. The topological polar surface area (TPSA) is 107 Å². The summed E-state index contributed by atoms with van der Waals surface area (Å²) in [5, 5.41) is 17.3. The molecule has 6 nitrogen and oxygen atoms in total. The Hall–Kier alpha value is -1.43. The molecule has 1 aromatic rings. The molecule has 0 saturated carbocycles. The molecule has 0 bridgehead atoms. The second-order valence-corrected chi connectivity index (χ2v) is 7.61. The van der Waals surface area contributed by atoms with Crippen LogP contribution in [0, 0.1) is 11.3 Å². The Labute approximate surface area is 115 Å². The molecule has 104 valence electrons. The van der Waals surface area contributed by atoms with Crippen LogP contribution in [0.5, 0.6) is 0 Å². The van der Waals surface area contributed by atoms with Crippen LogP contribution in [0.25, 0.3) is 0 Å². The van der Waals surface area contributed by atoms with Gasteiger partial charge in [0.2, 0.25) is 0 Å². The highest BCUT2D eigenvalue weighted by Gasteiger charge is 2.27. The molecule has 0 aromatic carbocycles. The number of nitrogens with one attached hydrogen (secondary N) is 1. The number of aliphatic carboxylic acids is 1. The van der Waals surface area contributed by atoms with Crippen LogP contribution in [0.15, 0.2) is 16.3 Å². The largest absolute Gasteiger partial charge is 0.481 e. The van der Waals surface area contributed by atoms with E-state index in [1.807, 2.05) is 6.07 Å². The fourth-order valence-corrected chi connectivity index (χ4v) is 3.95. The number of sulfonamides is 1. The third-order valence-corrected chi connectivity index (χ3v) is 5.51. The van der Waals surface area contributed by atoms with E-state index in [9.17, 15) is 13.2 Å². The molecule has 1 heterocycles. The van der Waals surface area contributed by atoms with Crippen LogP contribution in [-0.2, 0) is 14.8 Å². The van der Waals surface area contributed by atoms with E-state index >= 15 is 0 Å². The third kappa shape index (κ3) is 4.63. The third-order valence-electron chi connectivity index (χ3n) is 2.33. The van der Waals surface area contributed by atoms with Crippen LogP contribution in [-0.4, -0.2) is 25.0 Å². The van der Waals surface area contributed by atoms with Gasteiger partial charge in [0.25, 0.3) is 10.0 Å². The fourth-order valence-electron chi connectivity index (χ4n) is 1.41. The Morgan fingerprint density at radius 1 is 1.53 bits per heavy atom. The molecule has 0 aliphatic rings. The molecule has 0 spiro atoms. The van der Waals surface area contributed by atoms with Gasteiger partial charge < -0.3 is 5.11 Å². The predicted octanol–water partition coefficient (Wildman–Crippen LogP) is 1.54. The van der Waals surface area contributed by atoms with E-state index in [1.165, 1.54) is 12.1 Å². The lowest BCUT2D eigenvalue weighted by Gasteiger charge is -2.24. The molecule has 0 aliphatic heterocycles. The first kappa shape index (κ1) is 15.6. The van der Waals surface area contributed by atoms with Crippen LogP contribution in [0.3, 0.4) is 0 Å². The van der Waals surface area contributed by atoms with E-state index in [1.54, 1.807) is 13.8 Å². The lowest BCUT2D eigenvalue weighted by atomic mass is 10.0. The van der Waals surface area contributed by atoms with Gasteiger partial charge in [-0.1, -0.05) is 0 Å². The summed E-state index contributed by atoms with van der Waals surface area (Å²) in [6, 6.07) is 4.66. The normalized spacial score (nSPS) is 12.1. The summed E-state index contributed by atoms with van der Waals surface area (Å²) < 4.78 is 26.6. The molecule has 0 saturated heterocycles. The number of hydrogen-bond acceptors (Lipinski definition) is 5. The van der Waals surface area contributed by atoms with Gasteiger partial charge in [-0.3, -0.25) is 4.79 Å². The van der Waals surface area contributed by atoms with Crippen molar-refractivity contribution in [3.63, 3.8) is 0 Å². The van der Waals surface area contributed by atoms with Gasteiger partial charge in [0, 0.05) is 12.0 Å². The highest BCUT2D eigenvalue weighted by Crippen LogP contribution is 2.23. The van der Waals surface area contributed by atoms with Crippen LogP contribution in [0.4, 0.5) is 0 Å². The van der Waals surface area contributed by atoms with Crippen molar-refractivity contribution >= 4 is 27.3 Å². The van der Waals surface area contributed by atoms with Gasteiger partial charge in [-0.05, 0) is 32.4 Å². The number of nitrogens with zero attached hydrogens (tertiary/aromatic N) is 1. The monoisotopic (exact) mass is 302 g/mol. The molecule has 19 heavy (non-hydrogen) atoms. The second-order valence-electron chi connectivity index (χ2n) is 4.61. The molecule has 0 aliphatic carbocycles. The quantitative estimate of drug-likeness (QED) is 0.828. The van der Waals surface area contributed by atoms with Crippen molar-refractivity contribution in [2.75, 3.05) is 0 Å². The van der Waals surface area contributed by atoms with E-state index in [0.29, 0.717) is 4.88 Å². The number of carboxylic acid groups (broad SMARTS) is 1. The van der Waals surface area contributed by atoms with Gasteiger partial charge in [0.1, 0.15) is 15.2 Å². The average molecular weight is 302 g/mol. The first-order valence-corrected chi connectivity index (χ1v) is 7.72. The molecule has 0 unspecified atom stereocenters. The van der Waals surface area contributed by atoms with E-state index < -0.39 is 21.5 Å². The fraction of sp³-hybridized carbons (Fsp3) is 0.455. The Morgan fingerprint density at radius 2 is 2.16 bits per heavy atom. The summed E-state index contributed by atoms with van der Waals surface area (Å²) in [5.41, 5.74) is -0.867. The van der Waals surface area contributed by atoms with Crippen molar-refractivity contribution in [1.29, 1.82) is 5.26 Å². The highest BCUT2D eigenvalue weighted by atomic mass is 32.2. The molecule has 0 amide bonds. The SMILES string of the molecule is CC(C)(CCC(=O)O)NS(=O)(=O)c1ccc(C#N)s1. The highest BCUT2D eigenvalue weighted by molar-refractivity contribution is 7.91. The zero-order chi connectivity index (χ0) is 14.7. The van der Waals surface area contributed by atoms with Crippen molar-refractivity contribution in [3.8, 4) is 6.07 Å². The first-order chi connectivity index (χ1) is 8.66. The zero-order valence-corrected chi connectivity index (χ0v) is 12.1. The van der Waals surface area contributed by atoms with E-state index in [4.69, 9.17) is 10.4 Å². The maximum Gasteiger partial charge on any atom is 0.303 e. The van der Waals surface area contributed by atoms with Crippen molar-refractivity contribution < 1.29 is 18.3 Å². The maximum absolute atomic E-state index is 12.1. The number of nitriles is 1. The molecule has 1 rings (SSSR count). The number of carboxylic acids is 1. The number of thiophene rings is 1. The molecule has 0 radical (unpaired) electrons. The van der Waals surface area contributed by atoms with E-state index in [-0.39, 0.29) is 17.1 Å². The van der Waals surface area contributed by atoms with Crippen molar-refractivity contribution in [2.45, 2.75) is 36.4 Å². The minimum atomic E-state index is -3.73. The molecule has 1 aromatic heterocycles. The predicted molar refractivity (Wildman–Crippen MR) is 70.3 cm³/mol. The molecule has 0 atom stereocenters.